The van der Waals surface area contributed by atoms with Gasteiger partial charge in [-0.1, -0.05) is 76.9 Å². The zero-order valence-corrected chi connectivity index (χ0v) is 19.5. The van der Waals surface area contributed by atoms with Crippen LogP contribution in [0.25, 0.3) is 11.4 Å². The maximum Gasteiger partial charge on any atom is 0.471 e. The molecule has 7 nitrogen and oxygen atoms in total. The first kappa shape index (κ1) is 25.2. The van der Waals surface area contributed by atoms with Crippen molar-refractivity contribution in [2.24, 2.45) is 0 Å². The van der Waals surface area contributed by atoms with Gasteiger partial charge in [-0.25, -0.2) is 4.79 Å². The lowest BCUT2D eigenvalue weighted by Crippen LogP contribution is -2.33. The molecule has 3 aromatic carbocycles. The lowest BCUT2D eigenvalue weighted by Gasteiger charge is -2.22. The molecule has 0 aliphatic carbocycles. The molecule has 0 aliphatic heterocycles. The Labute approximate surface area is 212 Å². The van der Waals surface area contributed by atoms with E-state index in [4.69, 9.17) is 28.0 Å². The number of carbonyl (C=O) groups excluding carboxylic acids is 2. The van der Waals surface area contributed by atoms with E-state index >= 15 is 0 Å². The summed E-state index contributed by atoms with van der Waals surface area (Å²) in [6.45, 7) is -0.208. The Morgan fingerprint density at radius 1 is 0.889 bits per heavy atom. The Kier molecular flexibility index (Phi) is 7.27. The molecule has 12 heteroatoms. The van der Waals surface area contributed by atoms with Crippen LogP contribution in [0.4, 0.5) is 13.2 Å². The summed E-state index contributed by atoms with van der Waals surface area (Å²) in [5.74, 6) is -3.30. The second-order valence-electron chi connectivity index (χ2n) is 7.30. The molecule has 0 N–H and O–H groups in total. The zero-order valence-electron chi connectivity index (χ0n) is 18.0. The first-order valence-corrected chi connectivity index (χ1v) is 10.9. The van der Waals surface area contributed by atoms with Crippen molar-refractivity contribution in [1.29, 1.82) is 0 Å². The molecule has 0 unspecified atom stereocenters. The van der Waals surface area contributed by atoms with Crippen molar-refractivity contribution in [2.45, 2.75) is 12.7 Å². The first-order chi connectivity index (χ1) is 17.1. The number of hydroxylamine groups is 2. The normalized spacial score (nSPS) is 11.2. The van der Waals surface area contributed by atoms with E-state index in [-0.39, 0.29) is 39.1 Å². The number of halogens is 5. The summed E-state index contributed by atoms with van der Waals surface area (Å²) in [6.07, 6.45) is -4.77. The third-order valence-electron chi connectivity index (χ3n) is 4.82. The lowest BCUT2D eigenvalue weighted by atomic mass is 10.1. The predicted octanol–water partition coefficient (Wildman–Crippen LogP) is 6.48. The zero-order chi connectivity index (χ0) is 25.9. The number of carbonyl (C=O) groups is 2. The number of alkyl halides is 3. The van der Waals surface area contributed by atoms with Crippen molar-refractivity contribution in [3.63, 3.8) is 0 Å². The molecule has 0 bridgehead atoms. The van der Waals surface area contributed by atoms with Gasteiger partial charge < -0.3 is 9.36 Å². The number of hydrogen-bond acceptors (Lipinski definition) is 6. The van der Waals surface area contributed by atoms with Crippen LogP contribution in [0.1, 0.15) is 32.2 Å². The van der Waals surface area contributed by atoms with E-state index < -0.39 is 23.9 Å². The van der Waals surface area contributed by atoms with Crippen LogP contribution in [-0.2, 0) is 17.6 Å². The van der Waals surface area contributed by atoms with Crippen molar-refractivity contribution in [3.8, 4) is 11.4 Å². The van der Waals surface area contributed by atoms with Crippen molar-refractivity contribution in [2.75, 3.05) is 0 Å². The molecule has 4 aromatic rings. The van der Waals surface area contributed by atoms with Crippen LogP contribution in [0, 0.1) is 0 Å². The fourth-order valence-corrected chi connectivity index (χ4v) is 3.50. The van der Waals surface area contributed by atoms with Gasteiger partial charge in [0.1, 0.15) is 0 Å². The highest BCUT2D eigenvalue weighted by molar-refractivity contribution is 6.34. The molecule has 4 rings (SSSR count). The maximum atomic E-state index is 13.2. The molecule has 0 spiro atoms. The van der Waals surface area contributed by atoms with Crippen molar-refractivity contribution in [1.82, 2.24) is 15.2 Å². The second-order valence-corrected chi connectivity index (χ2v) is 8.11. The lowest BCUT2D eigenvalue weighted by molar-refractivity contribution is -0.159. The smallest absolute Gasteiger partial charge is 0.332 e. The highest BCUT2D eigenvalue weighted by atomic mass is 35.5. The number of rotatable bonds is 5. The molecular weight excluding hydrogens is 522 g/mol. The van der Waals surface area contributed by atoms with Gasteiger partial charge in [0.15, 0.2) is 0 Å². The molecule has 36 heavy (non-hydrogen) atoms. The molecule has 1 aromatic heterocycles. The highest BCUT2D eigenvalue weighted by Crippen LogP contribution is 2.29. The monoisotopic (exact) mass is 535 g/mol. The largest absolute Gasteiger partial charge is 0.471 e. The highest BCUT2D eigenvalue weighted by Gasteiger charge is 2.38. The number of hydrogen-bond donors (Lipinski definition) is 0. The van der Waals surface area contributed by atoms with Gasteiger partial charge in [0.25, 0.3) is 5.91 Å². The van der Waals surface area contributed by atoms with E-state index in [1.807, 2.05) is 0 Å². The summed E-state index contributed by atoms with van der Waals surface area (Å²) in [5, 5.41) is 4.43. The Hall–Kier alpha value is -3.89. The summed E-state index contributed by atoms with van der Waals surface area (Å²) >= 11 is 12.2. The summed E-state index contributed by atoms with van der Waals surface area (Å²) < 4.78 is 42.4. The summed E-state index contributed by atoms with van der Waals surface area (Å²) in [5.41, 5.74) is 0.860. The molecule has 184 valence electrons. The molecule has 0 fully saturated rings. The fraction of sp³-hybridized carbons (Fsp3) is 0.0833. The number of aromatic nitrogens is 2. The molecular formula is C24H14Cl2F3N3O4. The van der Waals surface area contributed by atoms with Gasteiger partial charge in [-0.2, -0.15) is 23.2 Å². The molecule has 1 heterocycles. The Morgan fingerprint density at radius 2 is 1.47 bits per heavy atom. The average molecular weight is 536 g/mol. The number of benzene rings is 3. The van der Waals surface area contributed by atoms with E-state index in [0.717, 1.165) is 5.06 Å². The SMILES string of the molecule is O=C(ON(Cc1ccc(-c2noc(C(F)(F)F)n2)cc1)C(=O)c1ccccc1Cl)c1ccccc1Cl. The summed E-state index contributed by atoms with van der Waals surface area (Å²) in [7, 11) is 0. The summed E-state index contributed by atoms with van der Waals surface area (Å²) in [4.78, 5) is 34.7. The van der Waals surface area contributed by atoms with E-state index in [9.17, 15) is 22.8 Å². The number of nitrogens with zero attached hydrogens (tertiary/aromatic N) is 3. The Bertz CT molecular complexity index is 1410. The van der Waals surface area contributed by atoms with Crippen molar-refractivity contribution >= 4 is 35.1 Å². The Morgan fingerprint density at radius 3 is 2.03 bits per heavy atom. The predicted molar refractivity (Wildman–Crippen MR) is 123 cm³/mol. The minimum absolute atomic E-state index is 0.0454. The molecule has 0 saturated carbocycles. The van der Waals surface area contributed by atoms with E-state index in [0.29, 0.717) is 5.56 Å². The molecule has 0 aliphatic rings. The average Bonchev–Trinajstić information content (AvgIpc) is 3.35. The molecule has 1 amide bonds. The van der Waals surface area contributed by atoms with Crippen molar-refractivity contribution in [3.05, 3.63) is 105 Å². The minimum atomic E-state index is -4.77. The quantitative estimate of drug-likeness (QED) is 0.272. The van der Waals surface area contributed by atoms with E-state index in [1.54, 1.807) is 24.3 Å². The standard InChI is InChI=1S/C24H14Cl2F3N3O4/c25-18-7-3-1-5-16(18)21(33)32(36-22(34)17-6-2-4-8-19(17)26)13-14-9-11-15(12-10-14)20-30-23(35-31-20)24(27,28)29/h1-12H,13H2. The third-order valence-corrected chi connectivity index (χ3v) is 5.48. The van der Waals surface area contributed by atoms with Crippen LogP contribution in [0.2, 0.25) is 10.0 Å². The third kappa shape index (κ3) is 5.67. The topological polar surface area (TPSA) is 85.5 Å². The molecule has 0 radical (unpaired) electrons. The molecule has 0 atom stereocenters. The van der Waals surface area contributed by atoms with Gasteiger partial charge in [-0.3, -0.25) is 4.79 Å². The van der Waals surface area contributed by atoms with Gasteiger partial charge in [0.05, 0.1) is 27.7 Å². The van der Waals surface area contributed by atoms with Gasteiger partial charge in [-0.05, 0) is 29.8 Å². The van der Waals surface area contributed by atoms with E-state index in [1.165, 1.54) is 48.5 Å². The van der Waals surface area contributed by atoms with Gasteiger partial charge in [0.2, 0.25) is 5.82 Å². The fourth-order valence-electron chi connectivity index (χ4n) is 3.07. The first-order valence-electron chi connectivity index (χ1n) is 10.2. The number of amides is 1. The van der Waals surface area contributed by atoms with Crippen LogP contribution in [-0.4, -0.2) is 27.1 Å². The van der Waals surface area contributed by atoms with Gasteiger partial charge in [0, 0.05) is 5.56 Å². The summed E-state index contributed by atoms with van der Waals surface area (Å²) in [6, 6.07) is 18.3. The van der Waals surface area contributed by atoms with Gasteiger partial charge >= 0.3 is 18.0 Å². The van der Waals surface area contributed by atoms with Gasteiger partial charge in [-0.15, -0.1) is 0 Å². The van der Waals surface area contributed by atoms with Crippen LogP contribution >= 0.6 is 23.2 Å². The van der Waals surface area contributed by atoms with Crippen LogP contribution in [0.15, 0.2) is 77.3 Å². The van der Waals surface area contributed by atoms with Crippen LogP contribution in [0.3, 0.4) is 0 Å². The van der Waals surface area contributed by atoms with Crippen LogP contribution < -0.4 is 0 Å². The van der Waals surface area contributed by atoms with Crippen molar-refractivity contribution < 1.29 is 32.1 Å². The second kappa shape index (κ2) is 10.4. The minimum Gasteiger partial charge on any atom is -0.332 e. The van der Waals surface area contributed by atoms with Crippen LogP contribution in [0.5, 0.6) is 0 Å². The molecule has 0 saturated heterocycles. The Balaban J connectivity index is 1.59. The maximum absolute atomic E-state index is 13.2. The van der Waals surface area contributed by atoms with E-state index in [2.05, 4.69) is 14.7 Å².